The monoisotopic (exact) mass is 334 g/mol. The molecule has 0 bridgehead atoms. The molecule has 25 heavy (non-hydrogen) atoms. The lowest BCUT2D eigenvalue weighted by molar-refractivity contribution is -0.842. The van der Waals surface area contributed by atoms with Crippen molar-refractivity contribution < 1.29 is 9.82 Å². The standard InChI is InChI=1S/C20H19N3O2/c24-23(25)16-10-8-15(9-11-16)18-19-17(14-6-2-1-3-7-14)21-20(22(18)19)12-4-5-13-20/h1-3,6-11,18-19H,4-5,12-13H2/p+1/t18-,19-,22?/m1/s1. The van der Waals surface area contributed by atoms with Crippen LogP contribution in [0.15, 0.2) is 59.6 Å². The molecule has 1 N–H and O–H groups in total. The Morgan fingerprint density at radius 2 is 1.68 bits per heavy atom. The minimum Gasteiger partial charge on any atom is -0.287 e. The maximum absolute atomic E-state index is 10.9. The lowest BCUT2D eigenvalue weighted by Crippen LogP contribution is -3.03. The fourth-order valence-electron chi connectivity index (χ4n) is 4.90. The van der Waals surface area contributed by atoms with E-state index in [0.717, 1.165) is 12.8 Å². The van der Waals surface area contributed by atoms with Crippen molar-refractivity contribution in [3.05, 3.63) is 75.8 Å². The SMILES string of the molecule is O=[N+]([O-])c1ccc([C@@H]2[C@H]3C(c4ccccc4)=NC4(CCCC4)[NH+]32)cc1. The quantitative estimate of drug-likeness (QED) is 0.533. The molecule has 5 nitrogen and oxygen atoms in total. The predicted molar refractivity (Wildman–Crippen MR) is 94.8 cm³/mol. The summed E-state index contributed by atoms with van der Waals surface area (Å²) in [4.78, 5) is 17.3. The zero-order valence-corrected chi connectivity index (χ0v) is 13.9. The summed E-state index contributed by atoms with van der Waals surface area (Å²) in [6, 6.07) is 18.4. The zero-order valence-electron chi connectivity index (χ0n) is 13.9. The van der Waals surface area contributed by atoms with Crippen LogP contribution >= 0.6 is 0 Å². The Hall–Kier alpha value is -2.53. The molecule has 2 heterocycles. The van der Waals surface area contributed by atoms with Crippen molar-refractivity contribution in [2.24, 2.45) is 4.99 Å². The fraction of sp³-hybridized carbons (Fsp3) is 0.350. The minimum absolute atomic E-state index is 0.0300. The van der Waals surface area contributed by atoms with Gasteiger partial charge in [0.15, 0.2) is 17.7 Å². The van der Waals surface area contributed by atoms with E-state index in [4.69, 9.17) is 4.99 Å². The normalized spacial score (nSPS) is 28.6. The third kappa shape index (κ3) is 2.15. The fourth-order valence-corrected chi connectivity index (χ4v) is 4.90. The van der Waals surface area contributed by atoms with Crippen molar-refractivity contribution in [1.82, 2.24) is 0 Å². The Morgan fingerprint density at radius 1 is 1.00 bits per heavy atom. The van der Waals surface area contributed by atoms with Gasteiger partial charge in [0.1, 0.15) is 5.71 Å². The number of fused-ring (bicyclic) bond motifs is 2. The predicted octanol–water partition coefficient (Wildman–Crippen LogP) is 2.68. The molecule has 1 unspecified atom stereocenters. The van der Waals surface area contributed by atoms with Gasteiger partial charge >= 0.3 is 0 Å². The highest BCUT2D eigenvalue weighted by Crippen LogP contribution is 2.42. The topological polar surface area (TPSA) is 59.9 Å². The van der Waals surface area contributed by atoms with E-state index >= 15 is 0 Å². The first-order valence-electron chi connectivity index (χ1n) is 8.96. The van der Waals surface area contributed by atoms with Gasteiger partial charge in [-0.2, -0.15) is 0 Å². The number of quaternary nitrogens is 1. The van der Waals surface area contributed by atoms with Gasteiger partial charge in [-0.25, -0.2) is 4.99 Å². The van der Waals surface area contributed by atoms with Gasteiger partial charge in [-0.05, 0) is 25.0 Å². The molecule has 1 spiro atoms. The summed E-state index contributed by atoms with van der Waals surface area (Å²) in [5.41, 5.74) is 3.83. The van der Waals surface area contributed by atoms with E-state index in [0.29, 0.717) is 12.1 Å². The molecule has 0 aromatic heterocycles. The van der Waals surface area contributed by atoms with E-state index in [-0.39, 0.29) is 16.3 Å². The summed E-state index contributed by atoms with van der Waals surface area (Å²) in [7, 11) is 0. The van der Waals surface area contributed by atoms with Gasteiger partial charge in [-0.3, -0.25) is 15.0 Å². The highest BCUT2D eigenvalue weighted by atomic mass is 16.6. The van der Waals surface area contributed by atoms with Crippen LogP contribution in [-0.2, 0) is 0 Å². The number of nitro benzene ring substituents is 1. The average Bonchev–Trinajstić information content (AvgIpc) is 3.07. The van der Waals surface area contributed by atoms with E-state index in [9.17, 15) is 10.1 Å². The molecule has 2 fully saturated rings. The number of nitrogens with zero attached hydrogens (tertiary/aromatic N) is 2. The lowest BCUT2D eigenvalue weighted by Gasteiger charge is -2.20. The molecule has 1 aliphatic carbocycles. The molecule has 1 saturated heterocycles. The van der Waals surface area contributed by atoms with Gasteiger partial charge in [0.05, 0.1) is 4.92 Å². The number of nitrogens with one attached hydrogen (secondary N) is 1. The summed E-state index contributed by atoms with van der Waals surface area (Å²) in [5, 5.41) is 10.9. The molecule has 3 atom stereocenters. The Bertz CT molecular complexity index is 854. The molecule has 126 valence electrons. The van der Waals surface area contributed by atoms with Crippen LogP contribution in [0.2, 0.25) is 0 Å². The number of nitro groups is 1. The lowest BCUT2D eigenvalue weighted by atomic mass is 10.0. The number of hydrogen-bond donors (Lipinski definition) is 1. The molecule has 0 amide bonds. The molecule has 5 heteroatoms. The third-order valence-corrected chi connectivity index (χ3v) is 6.02. The van der Waals surface area contributed by atoms with Crippen molar-refractivity contribution in [3.63, 3.8) is 0 Å². The van der Waals surface area contributed by atoms with Gasteiger partial charge in [0, 0.05) is 36.1 Å². The number of hydrogen-bond acceptors (Lipinski definition) is 3. The van der Waals surface area contributed by atoms with Gasteiger partial charge in [-0.1, -0.05) is 30.3 Å². The van der Waals surface area contributed by atoms with Crippen LogP contribution in [0.25, 0.3) is 0 Å². The number of non-ortho nitro benzene ring substituents is 1. The molecular weight excluding hydrogens is 314 g/mol. The van der Waals surface area contributed by atoms with Crippen LogP contribution in [-0.4, -0.2) is 22.3 Å². The molecule has 2 aromatic rings. The van der Waals surface area contributed by atoms with Gasteiger partial charge < -0.3 is 0 Å². The minimum atomic E-state index is -0.333. The molecule has 1 saturated carbocycles. The Morgan fingerprint density at radius 3 is 2.32 bits per heavy atom. The Kier molecular flexibility index (Phi) is 3.09. The number of rotatable bonds is 3. The number of benzene rings is 2. The zero-order chi connectivity index (χ0) is 17.0. The van der Waals surface area contributed by atoms with E-state index in [2.05, 4.69) is 24.3 Å². The molecule has 2 aliphatic heterocycles. The van der Waals surface area contributed by atoms with Crippen LogP contribution in [0.5, 0.6) is 0 Å². The van der Waals surface area contributed by atoms with Crippen molar-refractivity contribution in [2.75, 3.05) is 0 Å². The summed E-state index contributed by atoms with van der Waals surface area (Å²) in [5.74, 6) is 0. The van der Waals surface area contributed by atoms with Crippen molar-refractivity contribution in [3.8, 4) is 0 Å². The van der Waals surface area contributed by atoms with Crippen LogP contribution in [0.4, 0.5) is 5.69 Å². The number of aliphatic imine (C=N–C) groups is 1. The van der Waals surface area contributed by atoms with E-state index in [1.54, 1.807) is 17.0 Å². The second kappa shape index (κ2) is 5.23. The van der Waals surface area contributed by atoms with Crippen LogP contribution in [0.3, 0.4) is 0 Å². The average molecular weight is 334 g/mol. The van der Waals surface area contributed by atoms with Gasteiger partial charge in [0.2, 0.25) is 0 Å². The summed E-state index contributed by atoms with van der Waals surface area (Å²) >= 11 is 0. The smallest absolute Gasteiger partial charge is 0.269 e. The van der Waals surface area contributed by atoms with Crippen molar-refractivity contribution >= 4 is 11.4 Å². The van der Waals surface area contributed by atoms with Crippen molar-refractivity contribution in [1.29, 1.82) is 0 Å². The second-order valence-corrected chi connectivity index (χ2v) is 7.36. The highest BCUT2D eigenvalue weighted by molar-refractivity contribution is 6.06. The van der Waals surface area contributed by atoms with Crippen molar-refractivity contribution in [2.45, 2.75) is 43.4 Å². The Balaban J connectivity index is 1.52. The first-order chi connectivity index (χ1) is 12.2. The molecule has 5 rings (SSSR count). The maximum atomic E-state index is 10.9. The van der Waals surface area contributed by atoms with Crippen LogP contribution in [0, 0.1) is 10.1 Å². The van der Waals surface area contributed by atoms with Gasteiger partial charge in [-0.15, -0.1) is 0 Å². The molecule has 2 aromatic carbocycles. The molecule has 0 radical (unpaired) electrons. The molecule has 3 aliphatic rings. The van der Waals surface area contributed by atoms with E-state index in [1.165, 1.54) is 29.7 Å². The first kappa shape index (κ1) is 14.8. The second-order valence-electron chi connectivity index (χ2n) is 7.36. The van der Waals surface area contributed by atoms with Crippen LogP contribution < -0.4 is 4.90 Å². The summed E-state index contributed by atoms with van der Waals surface area (Å²) in [6.07, 6.45) is 4.79. The summed E-state index contributed by atoms with van der Waals surface area (Å²) < 4.78 is 0. The Labute approximate surface area is 146 Å². The van der Waals surface area contributed by atoms with E-state index < -0.39 is 0 Å². The van der Waals surface area contributed by atoms with E-state index in [1.807, 2.05) is 18.2 Å². The maximum Gasteiger partial charge on any atom is 0.269 e. The van der Waals surface area contributed by atoms with Crippen LogP contribution in [0.1, 0.15) is 42.9 Å². The summed E-state index contributed by atoms with van der Waals surface area (Å²) in [6.45, 7) is 0. The largest absolute Gasteiger partial charge is 0.287 e. The van der Waals surface area contributed by atoms with Gasteiger partial charge in [0.25, 0.3) is 5.69 Å². The highest BCUT2D eigenvalue weighted by Gasteiger charge is 2.71. The first-order valence-corrected chi connectivity index (χ1v) is 8.96. The molecular formula is C20H20N3O2+. The third-order valence-electron chi connectivity index (χ3n) is 6.02.